The lowest BCUT2D eigenvalue weighted by Gasteiger charge is -2.06. The fraction of sp³-hybridized carbons (Fsp3) is 0.0667. The van der Waals surface area contributed by atoms with Crippen LogP contribution in [0.5, 0.6) is 0 Å². The SMILES string of the molecule is Fc1ccc2nncc(SCc3ccccc3Cl)c2c1. The van der Waals surface area contributed by atoms with Crippen LogP contribution in [-0.2, 0) is 5.75 Å². The second-order valence-corrected chi connectivity index (χ2v) is 5.67. The van der Waals surface area contributed by atoms with E-state index in [1.54, 1.807) is 24.0 Å². The summed E-state index contributed by atoms with van der Waals surface area (Å²) < 4.78 is 13.4. The Kier molecular flexibility index (Phi) is 3.85. The highest BCUT2D eigenvalue weighted by Gasteiger charge is 2.07. The van der Waals surface area contributed by atoms with Crippen LogP contribution < -0.4 is 0 Å². The van der Waals surface area contributed by atoms with Crippen LogP contribution in [0.4, 0.5) is 4.39 Å². The molecule has 0 saturated carbocycles. The largest absolute Gasteiger partial charge is 0.207 e. The van der Waals surface area contributed by atoms with Gasteiger partial charge in [0.2, 0.25) is 0 Å². The molecule has 20 heavy (non-hydrogen) atoms. The number of rotatable bonds is 3. The van der Waals surface area contributed by atoms with E-state index in [0.29, 0.717) is 11.3 Å². The van der Waals surface area contributed by atoms with Crippen molar-refractivity contribution in [1.82, 2.24) is 10.2 Å². The summed E-state index contributed by atoms with van der Waals surface area (Å²) in [6, 6.07) is 12.2. The van der Waals surface area contributed by atoms with Crippen molar-refractivity contribution in [1.29, 1.82) is 0 Å². The van der Waals surface area contributed by atoms with Crippen molar-refractivity contribution >= 4 is 34.3 Å². The number of hydrogen-bond acceptors (Lipinski definition) is 3. The molecule has 1 aromatic heterocycles. The van der Waals surface area contributed by atoms with E-state index >= 15 is 0 Å². The Labute approximate surface area is 125 Å². The fourth-order valence-electron chi connectivity index (χ4n) is 1.89. The van der Waals surface area contributed by atoms with Gasteiger partial charge in [-0.15, -0.1) is 11.8 Å². The quantitative estimate of drug-likeness (QED) is 0.655. The molecule has 3 aromatic rings. The summed E-state index contributed by atoms with van der Waals surface area (Å²) in [5, 5.41) is 9.46. The van der Waals surface area contributed by atoms with Gasteiger partial charge in [-0.2, -0.15) is 10.2 Å². The molecule has 0 unspecified atom stereocenters. The molecule has 100 valence electrons. The van der Waals surface area contributed by atoms with E-state index in [9.17, 15) is 4.39 Å². The van der Waals surface area contributed by atoms with Crippen LogP contribution >= 0.6 is 23.4 Å². The van der Waals surface area contributed by atoms with Crippen LogP contribution in [0, 0.1) is 5.82 Å². The van der Waals surface area contributed by atoms with E-state index < -0.39 is 0 Å². The number of nitrogens with zero attached hydrogens (tertiary/aromatic N) is 2. The Balaban J connectivity index is 1.91. The topological polar surface area (TPSA) is 25.8 Å². The molecule has 0 bridgehead atoms. The predicted octanol–water partition coefficient (Wildman–Crippen LogP) is 4.71. The molecular formula is C15H10ClFN2S. The van der Waals surface area contributed by atoms with Gasteiger partial charge in [-0.05, 0) is 29.8 Å². The number of aromatic nitrogens is 2. The zero-order chi connectivity index (χ0) is 13.9. The first-order valence-electron chi connectivity index (χ1n) is 6.01. The van der Waals surface area contributed by atoms with Gasteiger partial charge in [-0.1, -0.05) is 29.8 Å². The van der Waals surface area contributed by atoms with Gasteiger partial charge in [0.15, 0.2) is 0 Å². The molecule has 5 heteroatoms. The smallest absolute Gasteiger partial charge is 0.124 e. The Morgan fingerprint density at radius 3 is 2.85 bits per heavy atom. The van der Waals surface area contributed by atoms with Crippen molar-refractivity contribution in [3.63, 3.8) is 0 Å². The van der Waals surface area contributed by atoms with Gasteiger partial charge in [0.1, 0.15) is 5.82 Å². The van der Waals surface area contributed by atoms with Crippen molar-refractivity contribution in [3.05, 3.63) is 65.1 Å². The third-order valence-corrected chi connectivity index (χ3v) is 4.37. The summed E-state index contributed by atoms with van der Waals surface area (Å²) in [5.74, 6) is 0.432. The highest BCUT2D eigenvalue weighted by molar-refractivity contribution is 7.98. The molecule has 0 N–H and O–H groups in total. The molecule has 0 aliphatic carbocycles. The average Bonchev–Trinajstić information content (AvgIpc) is 2.46. The Morgan fingerprint density at radius 1 is 1.15 bits per heavy atom. The van der Waals surface area contributed by atoms with E-state index in [0.717, 1.165) is 20.9 Å². The summed E-state index contributed by atoms with van der Waals surface area (Å²) in [4.78, 5) is 0.898. The molecule has 2 nitrogen and oxygen atoms in total. The molecule has 0 fully saturated rings. The van der Waals surface area contributed by atoms with Crippen LogP contribution in [-0.4, -0.2) is 10.2 Å². The lowest BCUT2D eigenvalue weighted by molar-refractivity contribution is 0.629. The van der Waals surface area contributed by atoms with Crippen molar-refractivity contribution < 1.29 is 4.39 Å². The number of fused-ring (bicyclic) bond motifs is 1. The first-order valence-corrected chi connectivity index (χ1v) is 7.37. The van der Waals surface area contributed by atoms with Crippen LogP contribution in [0.25, 0.3) is 10.9 Å². The standard InChI is InChI=1S/C15H10ClFN2S/c16-13-4-2-1-3-10(13)9-20-15-8-18-19-14-6-5-11(17)7-12(14)15/h1-8H,9H2. The molecular weight excluding hydrogens is 295 g/mol. The van der Waals surface area contributed by atoms with Crippen molar-refractivity contribution in [2.45, 2.75) is 10.6 Å². The summed E-state index contributed by atoms with van der Waals surface area (Å²) in [7, 11) is 0. The van der Waals surface area contributed by atoms with E-state index in [4.69, 9.17) is 11.6 Å². The van der Waals surface area contributed by atoms with Crippen LogP contribution in [0.3, 0.4) is 0 Å². The zero-order valence-corrected chi connectivity index (χ0v) is 12.0. The minimum atomic E-state index is -0.273. The van der Waals surface area contributed by atoms with E-state index in [1.165, 1.54) is 12.1 Å². The highest BCUT2D eigenvalue weighted by atomic mass is 35.5. The monoisotopic (exact) mass is 304 g/mol. The van der Waals surface area contributed by atoms with Gasteiger partial charge in [0.05, 0.1) is 11.7 Å². The molecule has 0 atom stereocenters. The highest BCUT2D eigenvalue weighted by Crippen LogP contribution is 2.30. The van der Waals surface area contributed by atoms with Gasteiger partial charge in [-0.3, -0.25) is 0 Å². The predicted molar refractivity (Wildman–Crippen MR) is 80.5 cm³/mol. The van der Waals surface area contributed by atoms with Crippen molar-refractivity contribution in [3.8, 4) is 0 Å². The molecule has 0 aliphatic rings. The van der Waals surface area contributed by atoms with E-state index in [1.807, 2.05) is 24.3 Å². The maximum absolute atomic E-state index is 13.4. The maximum atomic E-state index is 13.4. The number of hydrogen-bond donors (Lipinski definition) is 0. The van der Waals surface area contributed by atoms with E-state index in [-0.39, 0.29) is 5.82 Å². The van der Waals surface area contributed by atoms with Crippen molar-refractivity contribution in [2.24, 2.45) is 0 Å². The molecule has 0 radical (unpaired) electrons. The number of halogens is 2. The summed E-state index contributed by atoms with van der Waals surface area (Å²) in [6.07, 6.45) is 1.66. The minimum Gasteiger partial charge on any atom is -0.207 e. The van der Waals surface area contributed by atoms with Gasteiger partial charge in [0, 0.05) is 21.1 Å². The molecule has 0 amide bonds. The maximum Gasteiger partial charge on any atom is 0.124 e. The summed E-state index contributed by atoms with van der Waals surface area (Å²) in [5.41, 5.74) is 1.73. The normalized spacial score (nSPS) is 10.9. The summed E-state index contributed by atoms with van der Waals surface area (Å²) in [6.45, 7) is 0. The molecule has 3 rings (SSSR count). The Hall–Kier alpha value is -1.65. The molecule has 1 heterocycles. The van der Waals surface area contributed by atoms with Crippen molar-refractivity contribution in [2.75, 3.05) is 0 Å². The minimum absolute atomic E-state index is 0.273. The number of benzene rings is 2. The lowest BCUT2D eigenvalue weighted by atomic mass is 10.2. The second kappa shape index (κ2) is 5.77. The van der Waals surface area contributed by atoms with Gasteiger partial charge in [-0.25, -0.2) is 4.39 Å². The first kappa shape index (κ1) is 13.3. The van der Waals surface area contributed by atoms with Crippen LogP contribution in [0.2, 0.25) is 5.02 Å². The van der Waals surface area contributed by atoms with Crippen LogP contribution in [0.15, 0.2) is 53.6 Å². The number of thioether (sulfide) groups is 1. The Morgan fingerprint density at radius 2 is 2.00 bits per heavy atom. The summed E-state index contributed by atoms with van der Waals surface area (Å²) >= 11 is 7.70. The first-order chi connectivity index (χ1) is 9.74. The lowest BCUT2D eigenvalue weighted by Crippen LogP contribution is -1.89. The average molecular weight is 305 g/mol. The molecule has 0 spiro atoms. The van der Waals surface area contributed by atoms with Gasteiger partial charge >= 0.3 is 0 Å². The fourth-order valence-corrected chi connectivity index (χ4v) is 3.18. The van der Waals surface area contributed by atoms with E-state index in [2.05, 4.69) is 10.2 Å². The third-order valence-electron chi connectivity index (χ3n) is 2.91. The zero-order valence-electron chi connectivity index (χ0n) is 10.4. The Bertz CT molecular complexity index is 764. The van der Waals surface area contributed by atoms with Gasteiger partial charge in [0.25, 0.3) is 0 Å². The second-order valence-electron chi connectivity index (χ2n) is 4.25. The van der Waals surface area contributed by atoms with Crippen LogP contribution in [0.1, 0.15) is 5.56 Å². The molecule has 0 saturated heterocycles. The molecule has 2 aromatic carbocycles. The molecule has 0 aliphatic heterocycles. The van der Waals surface area contributed by atoms with Gasteiger partial charge < -0.3 is 0 Å². The third kappa shape index (κ3) is 2.76.